The van der Waals surface area contributed by atoms with Crippen LogP contribution in [0.15, 0.2) is 35.3 Å². The molecule has 0 spiro atoms. The van der Waals surface area contributed by atoms with E-state index in [2.05, 4.69) is 47.5 Å². The molecule has 0 aliphatic carbocycles. The topological polar surface area (TPSA) is 424 Å². The Morgan fingerprint density at radius 1 is 0.712 bits per heavy atom. The van der Waals surface area contributed by atoms with Gasteiger partial charge in [0, 0.05) is 19.5 Å². The predicted octanol–water partition coefficient (Wildman–Crippen LogP) is -3.78. The number of likely N-dealkylation sites (tertiary alicyclic amines) is 1. The van der Waals surface area contributed by atoms with Crippen LogP contribution in [0.25, 0.3) is 0 Å². The second-order valence-electron chi connectivity index (χ2n) is 18.6. The molecule has 0 radical (unpaired) electrons. The van der Waals surface area contributed by atoms with Gasteiger partial charge >= 0.3 is 5.97 Å². The predicted molar refractivity (Wildman–Crippen MR) is 267 cm³/mol. The fraction of sp³-hybridized carbons (Fsp3) is 0.617. The highest BCUT2D eigenvalue weighted by Crippen LogP contribution is 2.20. The van der Waals surface area contributed by atoms with Crippen LogP contribution in [0.2, 0.25) is 0 Å². The number of guanidine groups is 1. The quantitative estimate of drug-likeness (QED) is 0.0200. The first kappa shape index (κ1) is 61.7. The number of carbonyl (C=O) groups excluding carboxylic acids is 10. The summed E-state index contributed by atoms with van der Waals surface area (Å²) in [6, 6.07) is -1.96. The number of primary amides is 1. The van der Waals surface area contributed by atoms with Gasteiger partial charge in [-0.25, -0.2) is 0 Å². The van der Waals surface area contributed by atoms with Gasteiger partial charge in [0.1, 0.15) is 48.3 Å². The Hall–Kier alpha value is -7.38. The van der Waals surface area contributed by atoms with Gasteiger partial charge < -0.3 is 75.5 Å². The molecule has 406 valence electrons. The van der Waals surface area contributed by atoms with Crippen LogP contribution in [-0.2, 0) is 59.2 Å². The van der Waals surface area contributed by atoms with E-state index in [9.17, 15) is 57.8 Å². The Bertz CT molecular complexity index is 2140. The lowest BCUT2D eigenvalue weighted by Crippen LogP contribution is -2.60. The maximum atomic E-state index is 14.1. The van der Waals surface area contributed by atoms with Gasteiger partial charge in [0.15, 0.2) is 5.96 Å². The average molecular weight is 1030 g/mol. The number of hydrogen-bond donors (Lipinski definition) is 13. The Labute approximate surface area is 424 Å². The molecule has 1 saturated heterocycles. The number of benzene rings is 1. The van der Waals surface area contributed by atoms with Gasteiger partial charge in [-0.15, -0.1) is 0 Å². The number of nitrogens with two attached hydrogens (primary N) is 4. The van der Waals surface area contributed by atoms with Crippen LogP contribution < -0.4 is 65.5 Å². The van der Waals surface area contributed by atoms with E-state index in [4.69, 9.17) is 22.9 Å². The molecule has 10 atom stereocenters. The molecular formula is C47H76N14O12. The summed E-state index contributed by atoms with van der Waals surface area (Å²) >= 11 is 0. The van der Waals surface area contributed by atoms with Crippen LogP contribution in [0.4, 0.5) is 0 Å². The zero-order valence-corrected chi connectivity index (χ0v) is 42.7. The number of carbonyl (C=O) groups is 11. The van der Waals surface area contributed by atoms with Crippen LogP contribution in [0.1, 0.15) is 99.0 Å². The number of aliphatic imine (C=N–C) groups is 1. The van der Waals surface area contributed by atoms with Crippen molar-refractivity contribution in [2.45, 2.75) is 154 Å². The molecule has 1 aromatic carbocycles. The van der Waals surface area contributed by atoms with Crippen molar-refractivity contribution in [3.8, 4) is 0 Å². The molecule has 26 nitrogen and oxygen atoms in total. The summed E-state index contributed by atoms with van der Waals surface area (Å²) in [4.78, 5) is 149. The molecule has 0 bridgehead atoms. The minimum Gasteiger partial charge on any atom is -0.481 e. The second-order valence-corrected chi connectivity index (χ2v) is 18.6. The van der Waals surface area contributed by atoms with Gasteiger partial charge in [0.2, 0.25) is 59.1 Å². The average Bonchev–Trinajstić information content (AvgIpc) is 3.82. The molecule has 1 aromatic rings. The standard InChI is InChI=1S/C47H76N14O12/c1-8-25(4)37(45(72)56-30(16-12-18-52-47(50)51)42(69)57-31(38(49)65)21-29-14-10-9-11-15-29)60-43(70)32(20-24(2)3)59-44(71)34-17-13-19-61(34)46(73)28(7)54-35(62)23-53-41(68)33(22-36(63)64)58-40(67)27(6)55-39(66)26(5)48/h9-11,14-15,24-28,30-34,37H,8,12-13,16-23,48H2,1-7H3,(H2,49,65)(H,53,68)(H,54,62)(H,55,66)(H,56,72)(H,57,69)(H,58,67)(H,59,71)(H,60,70)(H,63,64)(H4,50,51,52)/t25-,26-,27-,28-,30-,31-,32-,33-,34-,37-/m0/s1. The number of amides is 10. The number of carboxylic acid groups (broad SMARTS) is 1. The number of nitrogens with zero attached hydrogens (tertiary/aromatic N) is 2. The summed E-state index contributed by atoms with van der Waals surface area (Å²) < 4.78 is 0. The molecular weight excluding hydrogens is 953 g/mol. The molecule has 10 amide bonds. The maximum absolute atomic E-state index is 14.1. The van der Waals surface area contributed by atoms with Crippen LogP contribution in [0, 0.1) is 11.8 Å². The normalized spacial score (nSPS) is 16.8. The fourth-order valence-corrected chi connectivity index (χ4v) is 7.59. The van der Waals surface area contributed by atoms with E-state index >= 15 is 0 Å². The molecule has 0 aromatic heterocycles. The minimum absolute atomic E-state index is 0.0308. The molecule has 1 heterocycles. The first-order valence-corrected chi connectivity index (χ1v) is 24.3. The van der Waals surface area contributed by atoms with Crippen molar-refractivity contribution in [3.05, 3.63) is 35.9 Å². The van der Waals surface area contributed by atoms with Gasteiger partial charge in [-0.2, -0.15) is 0 Å². The van der Waals surface area contributed by atoms with E-state index in [1.165, 1.54) is 25.7 Å². The summed E-state index contributed by atoms with van der Waals surface area (Å²) in [5, 5.41) is 29.4. The molecule has 2 rings (SSSR count). The molecule has 1 aliphatic heterocycles. The smallest absolute Gasteiger partial charge is 0.305 e. The number of carboxylic acids is 1. The van der Waals surface area contributed by atoms with E-state index in [1.54, 1.807) is 44.2 Å². The summed E-state index contributed by atoms with van der Waals surface area (Å²) in [6.07, 6.45) is 0.621. The van der Waals surface area contributed by atoms with Crippen molar-refractivity contribution in [2.75, 3.05) is 19.6 Å². The summed E-state index contributed by atoms with van der Waals surface area (Å²) in [6.45, 7) is 10.7. The third-order valence-corrected chi connectivity index (χ3v) is 11.8. The molecule has 73 heavy (non-hydrogen) atoms. The van der Waals surface area contributed by atoms with E-state index in [0.29, 0.717) is 12.8 Å². The van der Waals surface area contributed by atoms with E-state index in [1.807, 2.05) is 13.8 Å². The molecule has 0 unspecified atom stereocenters. The lowest BCUT2D eigenvalue weighted by molar-refractivity contribution is -0.142. The molecule has 1 aliphatic rings. The van der Waals surface area contributed by atoms with Gasteiger partial charge in [0.05, 0.1) is 19.0 Å². The Kier molecular flexibility index (Phi) is 25.8. The molecule has 1 fully saturated rings. The Morgan fingerprint density at radius 2 is 1.33 bits per heavy atom. The molecule has 17 N–H and O–H groups in total. The van der Waals surface area contributed by atoms with Crippen molar-refractivity contribution in [1.82, 2.24) is 47.4 Å². The third-order valence-electron chi connectivity index (χ3n) is 11.8. The van der Waals surface area contributed by atoms with Crippen molar-refractivity contribution in [3.63, 3.8) is 0 Å². The largest absolute Gasteiger partial charge is 0.481 e. The van der Waals surface area contributed by atoms with Crippen LogP contribution >= 0.6 is 0 Å². The lowest BCUT2D eigenvalue weighted by Gasteiger charge is -2.31. The molecule has 0 saturated carbocycles. The van der Waals surface area contributed by atoms with Gasteiger partial charge in [-0.3, -0.25) is 57.7 Å². The first-order valence-electron chi connectivity index (χ1n) is 24.3. The maximum Gasteiger partial charge on any atom is 0.305 e. The van der Waals surface area contributed by atoms with Crippen molar-refractivity contribution < 1.29 is 57.8 Å². The monoisotopic (exact) mass is 1030 g/mol. The zero-order chi connectivity index (χ0) is 55.1. The van der Waals surface area contributed by atoms with Gasteiger partial charge in [-0.05, 0) is 70.3 Å². The zero-order valence-electron chi connectivity index (χ0n) is 42.7. The summed E-state index contributed by atoms with van der Waals surface area (Å²) in [7, 11) is 0. The van der Waals surface area contributed by atoms with Crippen molar-refractivity contribution >= 4 is 71.0 Å². The van der Waals surface area contributed by atoms with Crippen LogP contribution in [-0.4, -0.2) is 155 Å². The summed E-state index contributed by atoms with van der Waals surface area (Å²) in [5.41, 5.74) is 22.8. The SMILES string of the molecule is CC[C@H](C)[C@H](NC(=O)[C@H](CC(C)C)NC(=O)[C@@H]1CCCN1C(=O)[C@H](C)NC(=O)CNC(=O)[C@H](CC(=O)O)NC(=O)[C@H](C)NC(=O)[C@H](C)N)C(=O)N[C@@H](CCCN=C(N)N)C(=O)N[C@@H](Cc1ccccc1)C(N)=O. The number of hydrogen-bond acceptors (Lipinski definition) is 13. The summed E-state index contributed by atoms with van der Waals surface area (Å²) in [5.74, 6) is -10.00. The van der Waals surface area contributed by atoms with E-state index in [-0.39, 0.29) is 57.1 Å². The Balaban J connectivity index is 2.19. The first-order chi connectivity index (χ1) is 34.2. The molecule has 26 heteroatoms. The van der Waals surface area contributed by atoms with Gasteiger partial charge in [-0.1, -0.05) is 64.4 Å². The van der Waals surface area contributed by atoms with Crippen molar-refractivity contribution in [1.29, 1.82) is 0 Å². The number of aliphatic carboxylic acids is 1. The minimum atomic E-state index is -1.64. The van der Waals surface area contributed by atoms with Crippen LogP contribution in [0.5, 0.6) is 0 Å². The van der Waals surface area contributed by atoms with Gasteiger partial charge in [0.25, 0.3) is 0 Å². The van der Waals surface area contributed by atoms with E-state index in [0.717, 1.165) is 5.56 Å². The third kappa shape index (κ3) is 21.5. The number of nitrogens with one attached hydrogen (secondary N) is 8. The fourth-order valence-electron chi connectivity index (χ4n) is 7.59. The highest BCUT2D eigenvalue weighted by Gasteiger charge is 2.39. The van der Waals surface area contributed by atoms with E-state index < -0.39 is 138 Å². The van der Waals surface area contributed by atoms with Crippen molar-refractivity contribution in [2.24, 2.45) is 39.8 Å². The Morgan fingerprint density at radius 3 is 1.90 bits per heavy atom. The second kappa shape index (κ2) is 30.5. The lowest BCUT2D eigenvalue weighted by atomic mass is 9.96. The van der Waals surface area contributed by atoms with Crippen LogP contribution in [0.3, 0.4) is 0 Å². The highest BCUT2D eigenvalue weighted by atomic mass is 16.4. The highest BCUT2D eigenvalue weighted by molar-refractivity contribution is 5.98. The number of rotatable bonds is 30.